The second-order valence-electron chi connectivity index (χ2n) is 21.4. The van der Waals surface area contributed by atoms with Gasteiger partial charge in [-0.3, -0.25) is 27.3 Å². The number of hydrogen-bond acceptors (Lipinski definition) is 40. The molecule has 14 N–H and O–H groups in total. The lowest BCUT2D eigenvalue weighted by atomic mass is 9.95. The number of aliphatic hydroxyl groups is 8. The highest BCUT2D eigenvalue weighted by atomic mass is 32.3. The predicted octanol–water partition coefficient (Wildman–Crippen LogP) is -9.97. The van der Waals surface area contributed by atoms with Gasteiger partial charge >= 0.3 is 62.4 Å². The average Bonchev–Trinajstić information content (AvgIpc) is 1.42. The van der Waals surface area contributed by atoms with Crippen LogP contribution >= 0.6 is 0 Å². The number of hydrogen-bond donors (Lipinski definition) is 14. The molecule has 52 heteroatoms. The van der Waals surface area contributed by atoms with Gasteiger partial charge in [0.2, 0.25) is 0 Å². The van der Waals surface area contributed by atoms with Crippen LogP contribution in [0.25, 0.3) is 0 Å². The van der Waals surface area contributed by atoms with Crippen LogP contribution in [0.15, 0.2) is 0 Å². The summed E-state index contributed by atoms with van der Waals surface area (Å²) in [5.41, 5.74) is 0. The Kier molecular flexibility index (Phi) is 28.5. The Morgan fingerprint density at radius 3 is 1.13 bits per heavy atom. The van der Waals surface area contributed by atoms with E-state index in [2.05, 4.69) is 25.1 Å². The van der Waals surface area contributed by atoms with Gasteiger partial charge in [-0.2, -0.15) is 50.5 Å². The lowest BCUT2D eigenvalue weighted by Crippen LogP contribution is -2.65. The first-order valence-corrected chi connectivity index (χ1v) is 35.4. The molecule has 0 aromatic heterocycles. The first kappa shape index (κ1) is 81.3. The molecule has 554 valence electrons. The van der Waals surface area contributed by atoms with Gasteiger partial charge in [0.05, 0.1) is 58.0 Å². The van der Waals surface area contributed by atoms with Crippen LogP contribution in [0.3, 0.4) is 0 Å². The van der Waals surface area contributed by atoms with Crippen LogP contribution in [-0.2, 0) is 154 Å². The van der Waals surface area contributed by atoms with E-state index in [1.807, 2.05) is 0 Å². The molecule has 4 bridgehead atoms. The fraction of sp³-hybridized carbons (Fsp3) is 1.00. The summed E-state index contributed by atoms with van der Waals surface area (Å²) in [5, 5.41) is 80.8. The third-order valence-electron chi connectivity index (χ3n) is 15.2. The minimum Gasteiger partial charge on any atom is -0.394 e. The highest BCUT2D eigenvalue weighted by Crippen LogP contribution is 2.40. The summed E-state index contributed by atoms with van der Waals surface area (Å²) >= 11 is 0. The van der Waals surface area contributed by atoms with Gasteiger partial charge in [-0.05, 0) is 20.8 Å². The summed E-state index contributed by atoms with van der Waals surface area (Å²) in [6.45, 7) is 1.10. The third-order valence-corrected chi connectivity index (χ3v) is 17.9. The van der Waals surface area contributed by atoms with Crippen LogP contribution in [-0.4, -0.2) is 363 Å². The van der Waals surface area contributed by atoms with Crippen LogP contribution in [0.5, 0.6) is 0 Å². The zero-order valence-electron chi connectivity index (χ0n) is 49.3. The lowest BCUT2D eigenvalue weighted by Gasteiger charge is -2.47. The van der Waals surface area contributed by atoms with Crippen molar-refractivity contribution in [2.75, 3.05) is 61.0 Å². The van der Waals surface area contributed by atoms with E-state index in [1.54, 1.807) is 6.92 Å². The highest BCUT2D eigenvalue weighted by molar-refractivity contribution is 7.82. The second-order valence-corrected chi connectivity index (χ2v) is 27.8. The van der Waals surface area contributed by atoms with Gasteiger partial charge < -0.3 is 107 Å². The quantitative estimate of drug-likeness (QED) is 0.0378. The number of aliphatic hydroxyl groups excluding tert-OH is 8. The Labute approximate surface area is 535 Å². The van der Waals surface area contributed by atoms with E-state index in [1.165, 1.54) is 14.0 Å². The Morgan fingerprint density at radius 2 is 0.702 bits per heavy atom. The van der Waals surface area contributed by atoms with Gasteiger partial charge in [0, 0.05) is 21.3 Å². The van der Waals surface area contributed by atoms with Crippen LogP contribution < -0.4 is 0 Å². The fourth-order valence-corrected chi connectivity index (χ4v) is 14.1. The van der Waals surface area contributed by atoms with Crippen molar-refractivity contribution in [1.82, 2.24) is 0 Å². The van der Waals surface area contributed by atoms with Crippen molar-refractivity contribution < 1.29 is 210 Å². The lowest BCUT2D eigenvalue weighted by molar-refractivity contribution is -0.337. The Hall–Kier alpha value is -1.66. The summed E-state index contributed by atoms with van der Waals surface area (Å²) < 4.78 is 290. The molecule has 0 radical (unpaired) electrons. The standard InChI is InChI=1S/C14H26O19S3.C14H24O15S2.C14H24O12S/c1-5-10(32-35(21,22)23)9(17)11(7(29-5)4-28-34(18,19)20)31-14-13(33-36(24,25)26)12(27-2)8(16)6(3-15)30-14;1-5-9(28-30(17,18)19)13-10(7(25-5)4-24-13)27-14-8(16)12(23-2)11(6(3-15)26-14)29-31(20,21)22;1-5-8(16)13-10(7(23-5)4-22-13)25-14-9(17)12(21-2)11(6(3-15)24-14)26-27(18,19)20/h5-17H,3-4H2,1-2H3,(H,18,19,20)(H,21,22,23)(H,24,25,26);5-16H,3-4H2,1-2H3,(H,17,18,19)(H,20,21,22);5-17H,3-4H2,1-2H3,(H,18,19,20)/t;2*5?,6?,7?,8?,9?,10?,11?,12?,13-,14?/m.00/s1. The van der Waals surface area contributed by atoms with E-state index < -0.39 is 272 Å². The molecule has 0 aromatic rings. The largest absolute Gasteiger partial charge is 0.397 e. The maximum atomic E-state index is 11.4. The number of ether oxygens (including phenoxy) is 14. The summed E-state index contributed by atoms with van der Waals surface area (Å²) in [4.78, 5) is 0. The molecule has 94 heavy (non-hydrogen) atoms. The van der Waals surface area contributed by atoms with Gasteiger partial charge in [-0.25, -0.2) is 25.1 Å². The van der Waals surface area contributed by atoms with E-state index in [0.29, 0.717) is 0 Å². The summed E-state index contributed by atoms with van der Waals surface area (Å²) in [6.07, 6.45) is -40.8. The van der Waals surface area contributed by atoms with Gasteiger partial charge in [-0.15, -0.1) is 0 Å². The normalized spacial score (nSPS) is 43.0. The molecule has 30 atom stereocenters. The molecule has 8 heterocycles. The highest BCUT2D eigenvalue weighted by Gasteiger charge is 2.59. The molecule has 28 unspecified atom stereocenters. The summed E-state index contributed by atoms with van der Waals surface area (Å²) in [5.74, 6) is 0. The van der Waals surface area contributed by atoms with Crippen molar-refractivity contribution in [1.29, 1.82) is 0 Å². The van der Waals surface area contributed by atoms with Crippen LogP contribution in [0.1, 0.15) is 20.8 Å². The van der Waals surface area contributed by atoms with E-state index in [-0.39, 0.29) is 13.2 Å². The predicted molar refractivity (Wildman–Crippen MR) is 286 cm³/mol. The van der Waals surface area contributed by atoms with Crippen molar-refractivity contribution in [3.63, 3.8) is 0 Å². The summed E-state index contributed by atoms with van der Waals surface area (Å²) in [7, 11) is -26.9. The Balaban J connectivity index is 0.000000226. The van der Waals surface area contributed by atoms with Crippen LogP contribution in [0.4, 0.5) is 0 Å². The van der Waals surface area contributed by atoms with Crippen molar-refractivity contribution in [2.24, 2.45) is 0 Å². The molecule has 0 amide bonds. The van der Waals surface area contributed by atoms with Gasteiger partial charge in [-0.1, -0.05) is 0 Å². The number of rotatable bonds is 25. The molecule has 0 spiro atoms. The zero-order chi connectivity index (χ0) is 70.7. The molecule has 0 aromatic carbocycles. The molecule has 8 saturated heterocycles. The first-order chi connectivity index (χ1) is 43.4. The van der Waals surface area contributed by atoms with Crippen molar-refractivity contribution in [3.05, 3.63) is 0 Å². The van der Waals surface area contributed by atoms with E-state index >= 15 is 0 Å². The SMILES string of the molecule is COC1C(O)C(CO)OC(OC2C(COS(=O)(=O)O)OC(C)C(OS(=O)(=O)O)C2O)C1OS(=O)(=O)O.COC1C(O)C(OC2C3CO[C@H]2C(O)C(C)O3)OC(CO)C1OS(=O)(=O)O.COC1C(O)C(OC2C3CO[C@H]2C(OS(=O)(=O)O)C(C)O3)OC(CO)C1OS(=O)(=O)O. The fourth-order valence-electron chi connectivity index (χ4n) is 11.2. The van der Waals surface area contributed by atoms with E-state index in [4.69, 9.17) is 93.6 Å². The van der Waals surface area contributed by atoms with Crippen molar-refractivity contribution in [3.8, 4) is 0 Å². The van der Waals surface area contributed by atoms with E-state index in [9.17, 15) is 91.4 Å². The van der Waals surface area contributed by atoms with Gasteiger partial charge in [0.1, 0.15) is 140 Å². The Morgan fingerprint density at radius 1 is 0.340 bits per heavy atom. The van der Waals surface area contributed by atoms with E-state index in [0.717, 1.165) is 21.1 Å². The van der Waals surface area contributed by atoms with Crippen molar-refractivity contribution in [2.45, 2.75) is 204 Å². The average molecular weight is 1510 g/mol. The molecule has 8 rings (SSSR count). The molecule has 0 aliphatic carbocycles. The molecule has 8 aliphatic heterocycles. The second kappa shape index (κ2) is 33.0. The van der Waals surface area contributed by atoms with Crippen LogP contribution in [0, 0.1) is 0 Å². The Bertz CT molecular complexity index is 3130. The minimum atomic E-state index is -5.27. The molecular formula is C42H74O46S6. The minimum absolute atomic E-state index is 0.0144. The van der Waals surface area contributed by atoms with Crippen molar-refractivity contribution >= 4 is 62.4 Å². The summed E-state index contributed by atoms with van der Waals surface area (Å²) in [6, 6.07) is 0. The molecule has 8 fully saturated rings. The molecule has 8 aliphatic rings. The first-order valence-electron chi connectivity index (χ1n) is 27.2. The molecule has 0 saturated carbocycles. The maximum Gasteiger partial charge on any atom is 0.397 e. The zero-order valence-corrected chi connectivity index (χ0v) is 54.2. The van der Waals surface area contributed by atoms with Crippen LogP contribution in [0.2, 0.25) is 0 Å². The maximum absolute atomic E-state index is 11.4. The van der Waals surface area contributed by atoms with Gasteiger partial charge in [0.25, 0.3) is 0 Å². The molecule has 46 nitrogen and oxygen atoms in total. The smallest absolute Gasteiger partial charge is 0.394 e. The van der Waals surface area contributed by atoms with Gasteiger partial charge in [0.15, 0.2) is 25.0 Å². The molecular weight excluding hydrogens is 1430 g/mol. The topological polar surface area (TPSA) is 673 Å². The number of methoxy groups -OCH3 is 3. The third kappa shape index (κ3) is 21.5. The number of fused-ring (bicyclic) bond motifs is 4. The monoisotopic (exact) mass is 1510 g/mol.